The number of imidazole rings is 1. The number of rotatable bonds is 5. The van der Waals surface area contributed by atoms with Crippen molar-refractivity contribution in [3.63, 3.8) is 0 Å². The Hall–Kier alpha value is -2.21. The Bertz CT molecular complexity index is 748. The number of nitrogens with zero attached hydrogens (tertiary/aromatic N) is 1. The minimum Gasteiger partial charge on any atom is -0.494 e. The van der Waals surface area contributed by atoms with Gasteiger partial charge in [0.1, 0.15) is 5.75 Å². The van der Waals surface area contributed by atoms with Crippen molar-refractivity contribution in [2.24, 2.45) is 0 Å². The molecule has 2 heterocycles. The molecule has 6 heteroatoms. The van der Waals surface area contributed by atoms with Gasteiger partial charge in [0.05, 0.1) is 17.6 Å². The van der Waals surface area contributed by atoms with Gasteiger partial charge in [-0.1, -0.05) is 0 Å². The highest BCUT2D eigenvalue weighted by Crippen LogP contribution is 2.29. The molecule has 5 nitrogen and oxygen atoms in total. The van der Waals surface area contributed by atoms with Gasteiger partial charge in [-0.2, -0.15) is 0 Å². The minimum atomic E-state index is 0.308. The van der Waals surface area contributed by atoms with Gasteiger partial charge in [0.2, 0.25) is 0 Å². The molecule has 0 aliphatic rings. The van der Waals surface area contributed by atoms with E-state index >= 15 is 0 Å². The van der Waals surface area contributed by atoms with Gasteiger partial charge in [-0.25, -0.2) is 4.98 Å². The van der Waals surface area contributed by atoms with E-state index in [9.17, 15) is 4.79 Å². The number of ether oxygens (including phenoxy) is 1. The molecule has 3 rings (SSSR count). The van der Waals surface area contributed by atoms with E-state index in [0.717, 1.165) is 16.8 Å². The van der Waals surface area contributed by atoms with Crippen molar-refractivity contribution in [3.8, 4) is 5.75 Å². The van der Waals surface area contributed by atoms with Crippen LogP contribution in [-0.2, 0) is 0 Å². The molecule has 0 spiro atoms. The molecule has 0 saturated carbocycles. The molecule has 0 aliphatic carbocycles. The third kappa shape index (κ3) is 2.55. The summed E-state index contributed by atoms with van der Waals surface area (Å²) in [6.07, 6.45) is 0.678. The number of hydrogen-bond donors (Lipinski definition) is 1. The lowest BCUT2D eigenvalue weighted by molar-refractivity contribution is 0.109. The Labute approximate surface area is 119 Å². The summed E-state index contributed by atoms with van der Waals surface area (Å²) in [7, 11) is 0. The zero-order valence-electron chi connectivity index (χ0n) is 10.8. The highest BCUT2D eigenvalue weighted by molar-refractivity contribution is 7.99. The van der Waals surface area contributed by atoms with Crippen LogP contribution in [0.1, 0.15) is 17.5 Å². The highest BCUT2D eigenvalue weighted by atomic mass is 32.2. The summed E-state index contributed by atoms with van der Waals surface area (Å²) in [5.74, 6) is 1.11. The maximum Gasteiger partial charge on any atom is 0.185 e. The molecule has 3 aromatic rings. The summed E-state index contributed by atoms with van der Waals surface area (Å²) in [4.78, 5) is 18.2. The van der Waals surface area contributed by atoms with Crippen LogP contribution < -0.4 is 4.74 Å². The second kappa shape index (κ2) is 5.42. The zero-order valence-corrected chi connectivity index (χ0v) is 11.6. The average Bonchev–Trinajstić information content (AvgIpc) is 3.05. The maximum atomic E-state index is 10.6. The van der Waals surface area contributed by atoms with Crippen LogP contribution >= 0.6 is 11.8 Å². The van der Waals surface area contributed by atoms with Gasteiger partial charge in [-0.3, -0.25) is 4.79 Å². The topological polar surface area (TPSA) is 68.1 Å². The van der Waals surface area contributed by atoms with E-state index in [1.165, 1.54) is 11.8 Å². The average molecular weight is 288 g/mol. The number of benzene rings is 1. The van der Waals surface area contributed by atoms with E-state index in [2.05, 4.69) is 9.97 Å². The van der Waals surface area contributed by atoms with Gasteiger partial charge in [0.25, 0.3) is 0 Å². The molecule has 1 aromatic carbocycles. The lowest BCUT2D eigenvalue weighted by Crippen LogP contribution is -1.90. The van der Waals surface area contributed by atoms with E-state index in [0.29, 0.717) is 28.9 Å². The first-order valence-corrected chi connectivity index (χ1v) is 6.95. The molecule has 0 saturated heterocycles. The summed E-state index contributed by atoms with van der Waals surface area (Å²) < 4.78 is 10.8. The van der Waals surface area contributed by atoms with E-state index in [1.54, 1.807) is 12.1 Å². The number of hydrogen-bond acceptors (Lipinski definition) is 5. The van der Waals surface area contributed by atoms with Crippen molar-refractivity contribution in [1.82, 2.24) is 9.97 Å². The number of fused-ring (bicyclic) bond motifs is 1. The lowest BCUT2D eigenvalue weighted by Gasteiger charge is -2.00. The number of aromatic nitrogens is 2. The molecule has 0 aliphatic heterocycles. The standard InChI is InChI=1S/C14H12N2O3S/c1-2-18-9-3-5-11-12(7-9)16-14(15-11)20-13-6-4-10(8-17)19-13/h3-8H,2H2,1H3,(H,15,16). The fraction of sp³-hybridized carbons (Fsp3) is 0.143. The number of nitrogens with one attached hydrogen (secondary N) is 1. The molecule has 0 unspecified atom stereocenters. The van der Waals surface area contributed by atoms with E-state index in [4.69, 9.17) is 9.15 Å². The minimum absolute atomic E-state index is 0.308. The van der Waals surface area contributed by atoms with Crippen LogP contribution in [0.4, 0.5) is 0 Å². The molecule has 2 aromatic heterocycles. The fourth-order valence-electron chi connectivity index (χ4n) is 1.82. The van der Waals surface area contributed by atoms with E-state index in [1.807, 2.05) is 25.1 Å². The third-order valence-electron chi connectivity index (χ3n) is 2.66. The van der Waals surface area contributed by atoms with Crippen LogP contribution in [0.15, 0.2) is 45.0 Å². The Morgan fingerprint density at radius 3 is 3.05 bits per heavy atom. The molecule has 0 radical (unpaired) electrons. The predicted octanol–water partition coefficient (Wildman–Crippen LogP) is 3.52. The van der Waals surface area contributed by atoms with Gasteiger partial charge >= 0.3 is 0 Å². The zero-order chi connectivity index (χ0) is 13.9. The number of aromatic amines is 1. The van der Waals surface area contributed by atoms with Gasteiger partial charge in [-0.05, 0) is 43.0 Å². The first kappa shape index (κ1) is 12.8. The van der Waals surface area contributed by atoms with Gasteiger partial charge < -0.3 is 14.1 Å². The number of aldehydes is 1. The summed E-state index contributed by atoms with van der Waals surface area (Å²) in [5.41, 5.74) is 1.76. The quantitative estimate of drug-likeness (QED) is 0.727. The summed E-state index contributed by atoms with van der Waals surface area (Å²) >= 11 is 1.34. The second-order valence-electron chi connectivity index (χ2n) is 4.03. The van der Waals surface area contributed by atoms with Crippen LogP contribution in [-0.4, -0.2) is 22.9 Å². The number of furan rings is 1. The molecule has 1 N–H and O–H groups in total. The molecule has 0 atom stereocenters. The predicted molar refractivity (Wildman–Crippen MR) is 75.5 cm³/mol. The van der Waals surface area contributed by atoms with Crippen LogP contribution in [0, 0.1) is 0 Å². The Morgan fingerprint density at radius 1 is 1.40 bits per heavy atom. The normalized spacial score (nSPS) is 10.8. The van der Waals surface area contributed by atoms with Gasteiger partial charge in [0, 0.05) is 6.07 Å². The van der Waals surface area contributed by atoms with Crippen LogP contribution in [0.25, 0.3) is 11.0 Å². The van der Waals surface area contributed by atoms with Gasteiger partial charge in [-0.15, -0.1) is 0 Å². The highest BCUT2D eigenvalue weighted by Gasteiger charge is 2.08. The molecular formula is C14H12N2O3S. The number of carbonyl (C=O) groups excluding carboxylic acids is 1. The molecule has 0 amide bonds. The van der Waals surface area contributed by atoms with Crippen molar-refractivity contribution in [3.05, 3.63) is 36.1 Å². The SMILES string of the molecule is CCOc1ccc2nc(Sc3ccc(C=O)o3)[nH]c2c1. The second-order valence-corrected chi connectivity index (χ2v) is 5.02. The van der Waals surface area contributed by atoms with Crippen molar-refractivity contribution >= 4 is 29.1 Å². The molecular weight excluding hydrogens is 276 g/mol. The Balaban J connectivity index is 1.86. The fourth-order valence-corrected chi connectivity index (χ4v) is 2.59. The van der Waals surface area contributed by atoms with Crippen molar-refractivity contribution < 1.29 is 13.9 Å². The van der Waals surface area contributed by atoms with E-state index in [-0.39, 0.29) is 0 Å². The smallest absolute Gasteiger partial charge is 0.185 e. The summed E-state index contributed by atoms with van der Waals surface area (Å²) in [6.45, 7) is 2.57. The first-order chi connectivity index (χ1) is 9.78. The number of H-pyrrole nitrogens is 1. The summed E-state index contributed by atoms with van der Waals surface area (Å²) in [5, 5.41) is 1.33. The lowest BCUT2D eigenvalue weighted by atomic mass is 10.3. The third-order valence-corrected chi connectivity index (χ3v) is 3.47. The van der Waals surface area contributed by atoms with Crippen molar-refractivity contribution in [2.75, 3.05) is 6.61 Å². The monoisotopic (exact) mass is 288 g/mol. The molecule has 102 valence electrons. The number of carbonyl (C=O) groups is 1. The molecule has 0 fully saturated rings. The largest absolute Gasteiger partial charge is 0.494 e. The van der Waals surface area contributed by atoms with Crippen LogP contribution in [0.5, 0.6) is 5.75 Å². The summed E-state index contributed by atoms with van der Waals surface area (Å²) in [6, 6.07) is 9.08. The van der Waals surface area contributed by atoms with Gasteiger partial charge in [0.15, 0.2) is 22.3 Å². The van der Waals surface area contributed by atoms with Crippen LogP contribution in [0.3, 0.4) is 0 Å². The Morgan fingerprint density at radius 2 is 2.30 bits per heavy atom. The Kier molecular flexibility index (Phi) is 3.47. The molecule has 20 heavy (non-hydrogen) atoms. The molecule has 0 bridgehead atoms. The maximum absolute atomic E-state index is 10.6. The van der Waals surface area contributed by atoms with E-state index < -0.39 is 0 Å². The van der Waals surface area contributed by atoms with Crippen LogP contribution in [0.2, 0.25) is 0 Å². The van der Waals surface area contributed by atoms with Crippen molar-refractivity contribution in [1.29, 1.82) is 0 Å². The first-order valence-electron chi connectivity index (χ1n) is 6.14. The van der Waals surface area contributed by atoms with Crippen molar-refractivity contribution in [2.45, 2.75) is 17.2 Å².